The molecule has 0 atom stereocenters. The summed E-state index contributed by atoms with van der Waals surface area (Å²) < 4.78 is 5.19. The van der Waals surface area contributed by atoms with Gasteiger partial charge in [-0.1, -0.05) is 6.07 Å². The minimum Gasteiger partial charge on any atom is -0.385 e. The molecule has 7 heteroatoms. The maximum absolute atomic E-state index is 7.56. The van der Waals surface area contributed by atoms with E-state index in [-0.39, 0.29) is 0 Å². The maximum atomic E-state index is 7.56. The highest BCUT2D eigenvalue weighted by atomic mass is 16.5. The van der Waals surface area contributed by atoms with Crippen LogP contribution in [0, 0.1) is 12.3 Å². The maximum Gasteiger partial charge on any atom is 0.158 e. The van der Waals surface area contributed by atoms with Crippen molar-refractivity contribution in [3.63, 3.8) is 0 Å². The number of rotatable bonds is 7. The topological polar surface area (TPSA) is 90.2 Å². The van der Waals surface area contributed by atoms with Crippen molar-refractivity contribution in [2.24, 2.45) is 4.99 Å². The third kappa shape index (κ3) is 3.99. The first-order valence-electron chi connectivity index (χ1n) is 10.0. The van der Waals surface area contributed by atoms with Crippen LogP contribution in [0.3, 0.4) is 0 Å². The first kappa shape index (κ1) is 18.8. The fourth-order valence-electron chi connectivity index (χ4n) is 3.87. The molecule has 0 amide bonds. The molecule has 1 aliphatic heterocycles. The summed E-state index contributed by atoms with van der Waals surface area (Å²) in [6, 6.07) is 4.40. The van der Waals surface area contributed by atoms with E-state index in [2.05, 4.69) is 27.0 Å². The van der Waals surface area contributed by atoms with Crippen LogP contribution in [0.25, 0.3) is 0 Å². The molecule has 0 saturated heterocycles. The fourth-order valence-corrected chi connectivity index (χ4v) is 3.87. The molecule has 148 valence electrons. The Hall–Kier alpha value is -2.54. The van der Waals surface area contributed by atoms with Gasteiger partial charge in [0, 0.05) is 56.2 Å². The van der Waals surface area contributed by atoms with E-state index >= 15 is 0 Å². The quantitative estimate of drug-likeness (QED) is 0.439. The first-order valence-corrected chi connectivity index (χ1v) is 10.0. The number of nitrogens with zero attached hydrogens (tertiary/aromatic N) is 4. The Bertz CT molecular complexity index is 883. The van der Waals surface area contributed by atoms with Crippen molar-refractivity contribution in [2.75, 3.05) is 20.3 Å². The third-order valence-corrected chi connectivity index (χ3v) is 5.44. The van der Waals surface area contributed by atoms with Gasteiger partial charge in [0.1, 0.15) is 17.9 Å². The number of nitrogens with one attached hydrogen (secondary N) is 2. The number of fused-ring (bicyclic) bond motifs is 1. The Balaban J connectivity index is 1.57. The first-order chi connectivity index (χ1) is 13.7. The molecular weight excluding hydrogens is 352 g/mol. The van der Waals surface area contributed by atoms with Gasteiger partial charge in [-0.15, -0.1) is 0 Å². The number of imidazole rings is 1. The lowest BCUT2D eigenvalue weighted by atomic mass is 10.0. The van der Waals surface area contributed by atoms with Crippen molar-refractivity contribution in [1.29, 1.82) is 5.41 Å². The second-order valence-corrected chi connectivity index (χ2v) is 7.62. The Morgan fingerprint density at radius 1 is 1.39 bits per heavy atom. The number of aliphatic imine (C=N–C) groups is 1. The summed E-state index contributed by atoms with van der Waals surface area (Å²) >= 11 is 0. The number of ether oxygens (including phenoxy) is 1. The van der Waals surface area contributed by atoms with Crippen molar-refractivity contribution in [3.8, 4) is 0 Å². The molecule has 0 spiro atoms. The van der Waals surface area contributed by atoms with Crippen molar-refractivity contribution < 1.29 is 4.74 Å². The van der Waals surface area contributed by atoms with Gasteiger partial charge in [-0.25, -0.2) is 9.98 Å². The molecule has 0 bridgehead atoms. The Morgan fingerprint density at radius 2 is 2.25 bits per heavy atom. The molecule has 3 heterocycles. The van der Waals surface area contributed by atoms with Gasteiger partial charge in [0.15, 0.2) is 5.84 Å². The molecule has 2 aromatic heterocycles. The standard InChI is InChI=1S/C21H28N6O/c1-14-24-19(4-3-11-28-2)20(25-14)21(23-13-22)27-10-9-18-16(12-27)7-8-17(26-18)15-5-6-15/h7-8,13,15,22H,3-6,9-12H2,1-2H3,(H,24,25). The number of aromatic amines is 1. The lowest BCUT2D eigenvalue weighted by Gasteiger charge is -2.30. The van der Waals surface area contributed by atoms with Crippen LogP contribution in [0.1, 0.15) is 59.3 Å². The number of hydrogen-bond donors (Lipinski definition) is 2. The van der Waals surface area contributed by atoms with E-state index < -0.39 is 0 Å². The van der Waals surface area contributed by atoms with E-state index in [9.17, 15) is 0 Å². The molecule has 1 saturated carbocycles. The average molecular weight is 380 g/mol. The Morgan fingerprint density at radius 3 is 3.00 bits per heavy atom. The summed E-state index contributed by atoms with van der Waals surface area (Å²) in [6.07, 6.45) is 6.33. The summed E-state index contributed by atoms with van der Waals surface area (Å²) in [7, 11) is 1.72. The predicted octanol–water partition coefficient (Wildman–Crippen LogP) is 2.98. The van der Waals surface area contributed by atoms with Crippen LogP contribution in [0.15, 0.2) is 17.1 Å². The largest absolute Gasteiger partial charge is 0.385 e. The van der Waals surface area contributed by atoms with Crippen molar-refractivity contribution in [2.45, 2.75) is 51.5 Å². The zero-order chi connectivity index (χ0) is 19.5. The van der Waals surface area contributed by atoms with Crippen LogP contribution in [0.4, 0.5) is 0 Å². The number of aryl methyl sites for hydroxylation is 2. The Kier molecular flexibility index (Phi) is 5.52. The predicted molar refractivity (Wildman–Crippen MR) is 109 cm³/mol. The second kappa shape index (κ2) is 8.22. The lowest BCUT2D eigenvalue weighted by molar-refractivity contribution is 0.195. The van der Waals surface area contributed by atoms with E-state index in [1.165, 1.54) is 29.8 Å². The van der Waals surface area contributed by atoms with E-state index in [4.69, 9.17) is 20.1 Å². The normalized spacial score (nSPS) is 16.9. The van der Waals surface area contributed by atoms with Crippen molar-refractivity contribution in [3.05, 3.63) is 46.3 Å². The third-order valence-electron chi connectivity index (χ3n) is 5.44. The average Bonchev–Trinajstić information content (AvgIpc) is 3.49. The fraction of sp³-hybridized carbons (Fsp3) is 0.524. The SMILES string of the molecule is COCCCc1[nH]c(C)nc1C(=NC=N)N1CCc2nc(C3CC3)ccc2C1. The number of pyridine rings is 1. The van der Waals surface area contributed by atoms with Gasteiger partial charge in [-0.2, -0.15) is 0 Å². The summed E-state index contributed by atoms with van der Waals surface area (Å²) in [6.45, 7) is 4.26. The zero-order valence-corrected chi connectivity index (χ0v) is 16.7. The minimum atomic E-state index is 0.681. The van der Waals surface area contributed by atoms with Crippen LogP contribution in [0.5, 0.6) is 0 Å². The summed E-state index contributed by atoms with van der Waals surface area (Å²) in [5.41, 5.74) is 5.63. The highest BCUT2D eigenvalue weighted by Gasteiger charge is 2.28. The minimum absolute atomic E-state index is 0.681. The van der Waals surface area contributed by atoms with Gasteiger partial charge in [0.2, 0.25) is 0 Å². The van der Waals surface area contributed by atoms with Crippen LogP contribution < -0.4 is 0 Å². The van der Waals surface area contributed by atoms with Crippen LogP contribution >= 0.6 is 0 Å². The lowest BCUT2D eigenvalue weighted by Crippen LogP contribution is -2.38. The smallest absolute Gasteiger partial charge is 0.158 e. The highest BCUT2D eigenvalue weighted by molar-refractivity contribution is 6.01. The molecule has 28 heavy (non-hydrogen) atoms. The molecule has 0 radical (unpaired) electrons. The van der Waals surface area contributed by atoms with Gasteiger partial charge < -0.3 is 14.6 Å². The van der Waals surface area contributed by atoms with E-state index in [0.29, 0.717) is 12.5 Å². The van der Waals surface area contributed by atoms with E-state index in [1.54, 1.807) is 7.11 Å². The van der Waals surface area contributed by atoms with Gasteiger partial charge >= 0.3 is 0 Å². The van der Waals surface area contributed by atoms with Gasteiger partial charge in [-0.05, 0) is 44.2 Å². The number of aromatic nitrogens is 3. The number of H-pyrrole nitrogens is 1. The molecule has 7 nitrogen and oxygen atoms in total. The van der Waals surface area contributed by atoms with E-state index in [1.807, 2.05) is 6.92 Å². The number of amidine groups is 1. The van der Waals surface area contributed by atoms with Gasteiger partial charge in [0.05, 0.1) is 0 Å². The second-order valence-electron chi connectivity index (χ2n) is 7.62. The monoisotopic (exact) mass is 380 g/mol. The molecule has 2 N–H and O–H groups in total. The van der Waals surface area contributed by atoms with E-state index in [0.717, 1.165) is 61.7 Å². The zero-order valence-electron chi connectivity index (χ0n) is 16.7. The highest BCUT2D eigenvalue weighted by Crippen LogP contribution is 2.39. The number of methoxy groups -OCH3 is 1. The summed E-state index contributed by atoms with van der Waals surface area (Å²) in [5, 5.41) is 7.56. The van der Waals surface area contributed by atoms with Crippen LogP contribution in [-0.4, -0.2) is 52.3 Å². The van der Waals surface area contributed by atoms with Gasteiger partial charge in [-0.3, -0.25) is 10.4 Å². The van der Waals surface area contributed by atoms with Crippen molar-refractivity contribution >= 4 is 12.2 Å². The molecule has 4 rings (SSSR count). The molecule has 0 aromatic carbocycles. The van der Waals surface area contributed by atoms with Gasteiger partial charge in [0.25, 0.3) is 0 Å². The van der Waals surface area contributed by atoms with Crippen LogP contribution in [0.2, 0.25) is 0 Å². The molecular formula is C21H28N6O. The molecule has 0 unspecified atom stereocenters. The summed E-state index contributed by atoms with van der Waals surface area (Å²) in [4.78, 5) is 19.6. The molecule has 2 aromatic rings. The number of hydrogen-bond acceptors (Lipinski definition) is 4. The summed E-state index contributed by atoms with van der Waals surface area (Å²) in [5.74, 6) is 2.32. The Labute approximate surface area is 165 Å². The molecule has 2 aliphatic rings. The van der Waals surface area contributed by atoms with Crippen LogP contribution in [-0.2, 0) is 24.1 Å². The molecule has 1 fully saturated rings. The van der Waals surface area contributed by atoms with Crippen molar-refractivity contribution in [1.82, 2.24) is 19.9 Å². The molecule has 1 aliphatic carbocycles.